The Bertz CT molecular complexity index is 1570. The van der Waals surface area contributed by atoms with Crippen LogP contribution in [0.15, 0.2) is 35.3 Å². The molecular formula is C29H37N7O2S. The highest BCUT2D eigenvalue weighted by Gasteiger charge is 2.37. The number of benzene rings is 1. The van der Waals surface area contributed by atoms with Crippen LogP contribution in [0.1, 0.15) is 55.4 Å². The van der Waals surface area contributed by atoms with Gasteiger partial charge in [-0.05, 0) is 43.9 Å². The van der Waals surface area contributed by atoms with Crippen molar-refractivity contribution in [2.75, 3.05) is 31.7 Å². The summed E-state index contributed by atoms with van der Waals surface area (Å²) in [5, 5.41) is 10.3. The van der Waals surface area contributed by atoms with Gasteiger partial charge in [0.05, 0.1) is 45.3 Å². The van der Waals surface area contributed by atoms with E-state index in [0.29, 0.717) is 12.3 Å². The summed E-state index contributed by atoms with van der Waals surface area (Å²) in [5.41, 5.74) is 4.52. The Kier molecular flexibility index (Phi) is 8.03. The van der Waals surface area contributed by atoms with Gasteiger partial charge in [-0.25, -0.2) is 19.2 Å². The van der Waals surface area contributed by atoms with E-state index < -0.39 is 0 Å². The Morgan fingerprint density at radius 2 is 1.97 bits per heavy atom. The lowest BCUT2D eigenvalue weighted by Gasteiger charge is -2.50. The van der Waals surface area contributed by atoms with Crippen LogP contribution in [0.3, 0.4) is 0 Å². The van der Waals surface area contributed by atoms with Crippen molar-refractivity contribution < 1.29 is 4.74 Å². The highest BCUT2D eigenvalue weighted by molar-refractivity contribution is 7.18. The molecule has 206 valence electrons. The molecule has 39 heavy (non-hydrogen) atoms. The maximum atomic E-state index is 13.0. The number of ether oxygens (including phenoxy) is 1. The molecule has 3 atom stereocenters. The average Bonchev–Trinajstić information content (AvgIpc) is 3.53. The molecule has 0 N–H and O–H groups in total. The molecule has 4 aromatic rings. The van der Waals surface area contributed by atoms with Crippen molar-refractivity contribution in [1.29, 1.82) is 5.26 Å². The van der Waals surface area contributed by atoms with E-state index in [4.69, 9.17) is 9.72 Å². The molecule has 1 fully saturated rings. The van der Waals surface area contributed by atoms with E-state index in [1.165, 1.54) is 10.3 Å². The lowest BCUT2D eigenvalue weighted by molar-refractivity contribution is 0.0683. The number of imidazole rings is 1. The number of nitriles is 1. The number of nitrogens with zero attached hydrogens (tertiary/aromatic N) is 7. The largest absolute Gasteiger partial charge is 0.385 e. The van der Waals surface area contributed by atoms with Crippen LogP contribution in [0, 0.1) is 18.3 Å². The summed E-state index contributed by atoms with van der Waals surface area (Å²) >= 11 is 1.74. The topological polar surface area (TPSA) is 91.7 Å². The van der Waals surface area contributed by atoms with E-state index in [1.54, 1.807) is 47.0 Å². The smallest absolute Gasteiger partial charge is 0.267 e. The van der Waals surface area contributed by atoms with Crippen LogP contribution in [0.2, 0.25) is 0 Å². The van der Waals surface area contributed by atoms with Crippen molar-refractivity contribution >= 4 is 32.9 Å². The normalized spacial score (nSPS) is 19.1. The van der Waals surface area contributed by atoms with Crippen LogP contribution in [-0.4, -0.2) is 63.0 Å². The lowest BCUT2D eigenvalue weighted by Crippen LogP contribution is -2.59. The minimum atomic E-state index is -0.0881. The van der Waals surface area contributed by atoms with Gasteiger partial charge in [0, 0.05) is 58.0 Å². The monoisotopic (exact) mass is 547 g/mol. The molecule has 0 saturated carbocycles. The molecule has 1 aliphatic heterocycles. The number of fused-ring (bicyclic) bond motifs is 2. The summed E-state index contributed by atoms with van der Waals surface area (Å²) in [5.74, 6) is 0. The molecule has 3 aromatic heterocycles. The van der Waals surface area contributed by atoms with Crippen molar-refractivity contribution in [1.82, 2.24) is 24.1 Å². The van der Waals surface area contributed by atoms with Crippen LogP contribution in [0.25, 0.3) is 15.9 Å². The SMILES string of the molecule is CCC1CN(C(CCOC)c2ccc3nc(C)sc3c2)[C@H](CC)CN1c1cc(=O)n(C)n2cc(CC#N)nc12. The fourth-order valence-corrected chi connectivity index (χ4v) is 6.83. The first-order valence-electron chi connectivity index (χ1n) is 13.7. The van der Waals surface area contributed by atoms with E-state index in [-0.39, 0.29) is 30.1 Å². The summed E-state index contributed by atoms with van der Waals surface area (Å²) in [7, 11) is 3.51. The van der Waals surface area contributed by atoms with Crippen molar-refractivity contribution in [2.45, 2.75) is 64.6 Å². The molecule has 0 aliphatic carbocycles. The van der Waals surface area contributed by atoms with Crippen molar-refractivity contribution in [2.24, 2.45) is 7.05 Å². The van der Waals surface area contributed by atoms with Crippen molar-refractivity contribution in [3.8, 4) is 6.07 Å². The Labute approximate surface area is 233 Å². The predicted molar refractivity (Wildman–Crippen MR) is 156 cm³/mol. The number of aryl methyl sites for hydroxylation is 2. The van der Waals surface area contributed by atoms with Gasteiger partial charge in [0.1, 0.15) is 0 Å². The minimum absolute atomic E-state index is 0.0881. The molecule has 5 rings (SSSR count). The number of hydrogen-bond donors (Lipinski definition) is 0. The summed E-state index contributed by atoms with van der Waals surface area (Å²) < 4.78 is 10.1. The molecule has 0 bridgehead atoms. The standard InChI is InChI=1S/C29H37N7O2S/c1-6-22-18-35(26-15-28(37)33(4)36-16-21(10-12-30)32-29(26)36)23(7-2)17-34(22)25(11-13-38-5)20-8-9-24-27(14-20)39-19(3)31-24/h8-9,14-16,22-23,25H,6-7,10-11,13,17-18H2,1-5H3/t22-,23?,25?/m1/s1. The van der Waals surface area contributed by atoms with Gasteiger partial charge in [-0.3, -0.25) is 9.69 Å². The highest BCUT2D eigenvalue weighted by atomic mass is 32.1. The van der Waals surface area contributed by atoms with Gasteiger partial charge < -0.3 is 9.64 Å². The quantitative estimate of drug-likeness (QED) is 0.305. The first-order chi connectivity index (χ1) is 18.9. The zero-order valence-corrected chi connectivity index (χ0v) is 24.2. The third kappa shape index (κ3) is 5.19. The predicted octanol–water partition coefficient (Wildman–Crippen LogP) is 4.47. The second-order valence-electron chi connectivity index (χ2n) is 10.4. The zero-order valence-electron chi connectivity index (χ0n) is 23.4. The maximum Gasteiger partial charge on any atom is 0.267 e. The van der Waals surface area contributed by atoms with Crippen molar-refractivity contribution in [3.63, 3.8) is 0 Å². The first-order valence-corrected chi connectivity index (χ1v) is 14.5. The van der Waals surface area contributed by atoms with Gasteiger partial charge >= 0.3 is 0 Å². The number of rotatable bonds is 9. The van der Waals surface area contributed by atoms with Gasteiger partial charge in [-0.15, -0.1) is 11.3 Å². The number of methoxy groups -OCH3 is 1. The molecule has 4 heterocycles. The fraction of sp³-hybridized carbons (Fsp3) is 0.517. The van der Waals surface area contributed by atoms with Crippen LogP contribution in [0.5, 0.6) is 0 Å². The first kappa shape index (κ1) is 27.3. The number of piperazine rings is 1. The Balaban J connectivity index is 1.53. The zero-order chi connectivity index (χ0) is 27.7. The summed E-state index contributed by atoms with van der Waals surface area (Å²) in [4.78, 5) is 27.5. The molecule has 1 aliphatic rings. The van der Waals surface area contributed by atoms with Crippen LogP contribution >= 0.6 is 11.3 Å². The third-order valence-electron chi connectivity index (χ3n) is 8.02. The molecule has 1 aromatic carbocycles. The maximum absolute atomic E-state index is 13.0. The van der Waals surface area contributed by atoms with Crippen LogP contribution in [-0.2, 0) is 18.2 Å². The molecule has 1 saturated heterocycles. The summed E-state index contributed by atoms with van der Waals surface area (Å²) in [6, 6.07) is 11.3. The van der Waals surface area contributed by atoms with Gasteiger partial charge in [-0.1, -0.05) is 19.9 Å². The molecule has 2 unspecified atom stereocenters. The molecule has 10 heteroatoms. The van der Waals surface area contributed by atoms with Gasteiger partial charge in [0.25, 0.3) is 5.56 Å². The van der Waals surface area contributed by atoms with Crippen LogP contribution in [0.4, 0.5) is 5.69 Å². The number of thiazole rings is 1. The van der Waals surface area contributed by atoms with Gasteiger partial charge in [-0.2, -0.15) is 5.26 Å². The number of aromatic nitrogens is 4. The molecule has 9 nitrogen and oxygen atoms in total. The lowest BCUT2D eigenvalue weighted by atomic mass is 9.94. The molecular weight excluding hydrogens is 510 g/mol. The van der Waals surface area contributed by atoms with E-state index in [1.807, 2.05) is 0 Å². The van der Waals surface area contributed by atoms with Gasteiger partial charge in [0.15, 0.2) is 5.65 Å². The number of hydrogen-bond acceptors (Lipinski definition) is 8. The summed E-state index contributed by atoms with van der Waals surface area (Å²) in [6.07, 6.45) is 4.83. The third-order valence-corrected chi connectivity index (χ3v) is 8.95. The molecule has 0 spiro atoms. The Morgan fingerprint density at radius 1 is 1.18 bits per heavy atom. The number of anilines is 1. The van der Waals surface area contributed by atoms with E-state index >= 15 is 0 Å². The molecule has 0 amide bonds. The Hall–Kier alpha value is -3.26. The van der Waals surface area contributed by atoms with E-state index in [0.717, 1.165) is 54.2 Å². The highest BCUT2D eigenvalue weighted by Crippen LogP contribution is 2.36. The van der Waals surface area contributed by atoms with Crippen LogP contribution < -0.4 is 10.5 Å². The van der Waals surface area contributed by atoms with Gasteiger partial charge in [0.2, 0.25) is 0 Å². The second-order valence-corrected chi connectivity index (χ2v) is 11.6. The Morgan fingerprint density at radius 3 is 2.69 bits per heavy atom. The van der Waals surface area contributed by atoms with Crippen molar-refractivity contribution in [3.05, 3.63) is 57.1 Å². The van der Waals surface area contributed by atoms with E-state index in [9.17, 15) is 10.1 Å². The second kappa shape index (κ2) is 11.5. The molecule has 0 radical (unpaired) electrons. The average molecular weight is 548 g/mol. The summed E-state index contributed by atoms with van der Waals surface area (Å²) in [6.45, 7) is 8.86. The minimum Gasteiger partial charge on any atom is -0.385 e. The van der Waals surface area contributed by atoms with E-state index in [2.05, 4.69) is 59.8 Å². The fourth-order valence-electron chi connectivity index (χ4n) is 5.96.